The molecule has 5 unspecified atom stereocenters. The Morgan fingerprint density at radius 2 is 1.30 bits per heavy atom. The van der Waals surface area contributed by atoms with E-state index in [1.54, 1.807) is 11.1 Å². The van der Waals surface area contributed by atoms with Crippen LogP contribution in [0.4, 0.5) is 17.1 Å². The standard InChI is InChI=1S/C61H49NO/c1-2-15-39(16-3-1)45-23-12-17-40-18-13-24-50(59(40)45)48-21-6-10-28-56(48)62(57-29-14-25-51-49-22-7-11-30-58(49)63-60(51)57)55-27-9-5-19-44(55)41-31-32-47-46-20-4-8-26-52(46)61(54(47)37-41)43-34-38-33-42(36-43)53(61)35-38/h1-2,4-12,14-15,17-23,25-32,37-38,42-43,53H,3,13,16,24,33-36H2. The third-order valence-corrected chi connectivity index (χ3v) is 16.4. The van der Waals surface area contributed by atoms with E-state index < -0.39 is 0 Å². The lowest BCUT2D eigenvalue weighted by molar-refractivity contribution is 0.191. The Morgan fingerprint density at radius 3 is 2.19 bits per heavy atom. The van der Waals surface area contributed by atoms with E-state index in [4.69, 9.17) is 4.42 Å². The predicted octanol–water partition coefficient (Wildman–Crippen LogP) is 14.6. The van der Waals surface area contributed by atoms with Crippen LogP contribution in [0.3, 0.4) is 0 Å². The van der Waals surface area contributed by atoms with Crippen molar-refractivity contribution in [1.82, 2.24) is 0 Å². The van der Waals surface area contributed by atoms with Crippen molar-refractivity contribution in [3.05, 3.63) is 203 Å². The van der Waals surface area contributed by atoms with Crippen LogP contribution >= 0.6 is 0 Å². The van der Waals surface area contributed by atoms with Gasteiger partial charge in [0.05, 0.1) is 17.1 Å². The Hall–Kier alpha value is -6.64. The van der Waals surface area contributed by atoms with E-state index in [0.717, 1.165) is 82.7 Å². The highest BCUT2D eigenvalue weighted by atomic mass is 16.3. The van der Waals surface area contributed by atoms with E-state index in [-0.39, 0.29) is 5.41 Å². The SMILES string of the molecule is C1=CCCC(c2cccc3c2=C(c2ccccc2N(c2ccccc2-c2ccc4c(c2)C2(c5ccccc5-4)C4CC5CC(C4)C2C5)c2cccc4c2oc2ccccc24)CCC=3)=C1. The largest absolute Gasteiger partial charge is 0.454 e. The van der Waals surface area contributed by atoms with Gasteiger partial charge in [-0.1, -0.05) is 146 Å². The van der Waals surface area contributed by atoms with Crippen LogP contribution in [0.1, 0.15) is 73.6 Å². The summed E-state index contributed by atoms with van der Waals surface area (Å²) in [5.41, 5.74) is 19.5. The molecule has 0 radical (unpaired) electrons. The van der Waals surface area contributed by atoms with Gasteiger partial charge in [0.25, 0.3) is 0 Å². The molecule has 0 amide bonds. The molecule has 7 aromatic carbocycles. The smallest absolute Gasteiger partial charge is 0.159 e. The van der Waals surface area contributed by atoms with Gasteiger partial charge in [-0.05, 0) is 160 Å². The molecule has 4 saturated carbocycles. The first-order valence-electron chi connectivity index (χ1n) is 23.6. The van der Waals surface area contributed by atoms with E-state index >= 15 is 0 Å². The highest BCUT2D eigenvalue weighted by molar-refractivity contribution is 6.11. The van der Waals surface area contributed by atoms with Gasteiger partial charge in [0.1, 0.15) is 5.58 Å². The number of hydrogen-bond donors (Lipinski definition) is 0. The quantitative estimate of drug-likeness (QED) is 0.166. The maximum absolute atomic E-state index is 6.94. The van der Waals surface area contributed by atoms with Gasteiger partial charge < -0.3 is 9.32 Å². The van der Waals surface area contributed by atoms with Crippen molar-refractivity contribution < 1.29 is 4.42 Å². The second-order valence-electron chi connectivity index (χ2n) is 19.3. The molecule has 15 rings (SSSR count). The molecule has 63 heavy (non-hydrogen) atoms. The van der Waals surface area contributed by atoms with Gasteiger partial charge in [0.15, 0.2) is 5.58 Å². The molecule has 5 atom stereocenters. The van der Waals surface area contributed by atoms with Gasteiger partial charge in [-0.3, -0.25) is 0 Å². The number of para-hydroxylation sites is 4. The molecular weight excluding hydrogens is 763 g/mol. The Balaban J connectivity index is 1.03. The minimum Gasteiger partial charge on any atom is -0.454 e. The molecule has 2 heteroatoms. The first-order valence-corrected chi connectivity index (χ1v) is 23.6. The molecule has 7 aliphatic rings. The Morgan fingerprint density at radius 1 is 0.556 bits per heavy atom. The van der Waals surface area contributed by atoms with Crippen molar-refractivity contribution >= 4 is 56.2 Å². The Bertz CT molecular complexity index is 3410. The van der Waals surface area contributed by atoms with E-state index in [2.05, 4.69) is 181 Å². The molecule has 4 bridgehead atoms. The summed E-state index contributed by atoms with van der Waals surface area (Å²) >= 11 is 0. The number of hydrogen-bond acceptors (Lipinski definition) is 2. The van der Waals surface area contributed by atoms with Gasteiger partial charge in [-0.15, -0.1) is 0 Å². The average Bonchev–Trinajstić information content (AvgIpc) is 4.03. The summed E-state index contributed by atoms with van der Waals surface area (Å²) in [6, 6.07) is 57.5. The Labute approximate surface area is 369 Å². The van der Waals surface area contributed by atoms with Crippen LogP contribution in [0.2, 0.25) is 0 Å². The molecule has 1 aromatic heterocycles. The third kappa shape index (κ3) is 5.07. The van der Waals surface area contributed by atoms with Crippen molar-refractivity contribution in [2.45, 2.75) is 56.8 Å². The molecule has 0 saturated heterocycles. The van der Waals surface area contributed by atoms with Crippen molar-refractivity contribution in [1.29, 1.82) is 0 Å². The van der Waals surface area contributed by atoms with Gasteiger partial charge in [-0.25, -0.2) is 0 Å². The van der Waals surface area contributed by atoms with Crippen molar-refractivity contribution in [2.24, 2.45) is 23.7 Å². The number of allylic oxidation sites excluding steroid dienone is 4. The molecule has 0 aliphatic heterocycles. The molecule has 7 aliphatic carbocycles. The highest BCUT2D eigenvalue weighted by Crippen LogP contribution is 2.73. The number of rotatable bonds is 6. The van der Waals surface area contributed by atoms with E-state index in [1.165, 1.54) is 86.3 Å². The average molecular weight is 812 g/mol. The number of fused-ring (bicyclic) bond motifs is 7. The van der Waals surface area contributed by atoms with Crippen LogP contribution in [0.5, 0.6) is 0 Å². The van der Waals surface area contributed by atoms with Gasteiger partial charge in [0, 0.05) is 27.3 Å². The molecular formula is C61H49NO. The second-order valence-corrected chi connectivity index (χ2v) is 19.3. The summed E-state index contributed by atoms with van der Waals surface area (Å²) in [6.45, 7) is 0. The van der Waals surface area contributed by atoms with Crippen molar-refractivity contribution in [2.75, 3.05) is 4.90 Å². The summed E-state index contributed by atoms with van der Waals surface area (Å²) in [7, 11) is 0. The zero-order valence-electron chi connectivity index (χ0n) is 35.6. The van der Waals surface area contributed by atoms with E-state index in [9.17, 15) is 0 Å². The second kappa shape index (κ2) is 13.7. The molecule has 0 N–H and O–H groups in total. The van der Waals surface area contributed by atoms with Crippen LogP contribution in [-0.2, 0) is 5.41 Å². The fourth-order valence-corrected chi connectivity index (χ4v) is 14.2. The molecule has 8 aromatic rings. The molecule has 304 valence electrons. The molecule has 4 fully saturated rings. The maximum atomic E-state index is 6.94. The first kappa shape index (κ1) is 35.9. The lowest BCUT2D eigenvalue weighted by atomic mass is 9.59. The number of nitrogens with zero attached hydrogens (tertiary/aromatic N) is 1. The molecule has 2 nitrogen and oxygen atoms in total. The summed E-state index contributed by atoms with van der Waals surface area (Å²) < 4.78 is 6.94. The van der Waals surface area contributed by atoms with Crippen LogP contribution in [0, 0.1) is 23.7 Å². The minimum absolute atomic E-state index is 0.115. The fraction of sp³-hybridized carbons (Fsp3) is 0.213. The van der Waals surface area contributed by atoms with Crippen molar-refractivity contribution in [3.8, 4) is 22.3 Å². The van der Waals surface area contributed by atoms with Crippen molar-refractivity contribution in [3.63, 3.8) is 0 Å². The normalized spacial score (nSPS) is 23.6. The summed E-state index contributed by atoms with van der Waals surface area (Å²) in [6.07, 6.45) is 19.0. The van der Waals surface area contributed by atoms with Crippen LogP contribution < -0.4 is 15.3 Å². The number of benzene rings is 7. The van der Waals surface area contributed by atoms with Crippen LogP contribution in [-0.4, -0.2) is 0 Å². The lowest BCUT2D eigenvalue weighted by Gasteiger charge is -2.44. The molecule has 1 heterocycles. The summed E-state index contributed by atoms with van der Waals surface area (Å²) in [5, 5.41) is 5.00. The maximum Gasteiger partial charge on any atom is 0.159 e. The molecule has 1 spiro atoms. The van der Waals surface area contributed by atoms with Gasteiger partial charge >= 0.3 is 0 Å². The summed E-state index contributed by atoms with van der Waals surface area (Å²) in [4.78, 5) is 2.54. The Kier molecular flexibility index (Phi) is 7.80. The van der Waals surface area contributed by atoms with Gasteiger partial charge in [-0.2, -0.15) is 0 Å². The summed E-state index contributed by atoms with van der Waals surface area (Å²) in [5.74, 6) is 3.23. The third-order valence-electron chi connectivity index (χ3n) is 16.4. The van der Waals surface area contributed by atoms with Crippen LogP contribution in [0.15, 0.2) is 174 Å². The highest BCUT2D eigenvalue weighted by Gasteiger charge is 2.66. The monoisotopic (exact) mass is 811 g/mol. The van der Waals surface area contributed by atoms with Gasteiger partial charge in [0.2, 0.25) is 0 Å². The zero-order chi connectivity index (χ0) is 41.2. The predicted molar refractivity (Wildman–Crippen MR) is 261 cm³/mol. The topological polar surface area (TPSA) is 16.4 Å². The van der Waals surface area contributed by atoms with E-state index in [1.807, 2.05) is 0 Å². The minimum atomic E-state index is 0.115. The number of anilines is 3. The number of furan rings is 1. The van der Waals surface area contributed by atoms with E-state index in [0.29, 0.717) is 0 Å². The van der Waals surface area contributed by atoms with Crippen LogP contribution in [0.25, 0.3) is 61.4 Å². The first-order chi connectivity index (χ1) is 31.2. The zero-order valence-corrected chi connectivity index (χ0v) is 35.6. The fourth-order valence-electron chi connectivity index (χ4n) is 14.2. The lowest BCUT2D eigenvalue weighted by Crippen LogP contribution is -2.40.